The van der Waals surface area contributed by atoms with Crippen molar-refractivity contribution in [2.45, 2.75) is 6.42 Å². The molecule has 52 valence electrons. The molecule has 0 saturated carbocycles. The monoisotopic (exact) mass is 126 g/mol. The van der Waals surface area contributed by atoms with Crippen molar-refractivity contribution < 1.29 is 0 Å². The number of hydrogen-bond acceptors (Lipinski definition) is 2. The Kier molecular flexibility index (Phi) is 1.44. The molecule has 0 aliphatic carbocycles. The molecule has 0 radical (unpaired) electrons. The topological polar surface area (TPSA) is 6.48 Å². The predicted molar refractivity (Wildman–Crippen MR) is 37.5 cm³/mol. The molecule has 0 spiro atoms. The SMILES string of the molecule is C1CN2CCN(C1)CC2. The summed E-state index contributed by atoms with van der Waals surface area (Å²) in [5.74, 6) is 0. The summed E-state index contributed by atoms with van der Waals surface area (Å²) in [5.41, 5.74) is 0. The maximum atomic E-state index is 2.57. The van der Waals surface area contributed by atoms with Crippen LogP contribution in [0.2, 0.25) is 0 Å². The van der Waals surface area contributed by atoms with Crippen LogP contribution < -0.4 is 0 Å². The van der Waals surface area contributed by atoms with Crippen LogP contribution in [0, 0.1) is 0 Å². The molecule has 0 atom stereocenters. The standard InChI is InChI=1S/C7H14N2/c1-2-8-4-6-9(3-1)7-5-8/h1-7H2. The summed E-state index contributed by atoms with van der Waals surface area (Å²) >= 11 is 0. The molecule has 2 bridgehead atoms. The Bertz CT molecular complexity index is 77.6. The fraction of sp³-hybridized carbons (Fsp3) is 1.00. The van der Waals surface area contributed by atoms with Gasteiger partial charge in [0.1, 0.15) is 0 Å². The van der Waals surface area contributed by atoms with Gasteiger partial charge in [0.15, 0.2) is 0 Å². The molecular weight excluding hydrogens is 112 g/mol. The number of fused-ring (bicyclic) bond motifs is 4. The van der Waals surface area contributed by atoms with Crippen molar-refractivity contribution in [3.05, 3.63) is 0 Å². The van der Waals surface area contributed by atoms with Crippen LogP contribution in [-0.4, -0.2) is 49.1 Å². The molecule has 3 aliphatic rings. The van der Waals surface area contributed by atoms with Gasteiger partial charge in [-0.2, -0.15) is 0 Å². The van der Waals surface area contributed by atoms with E-state index in [0.29, 0.717) is 0 Å². The van der Waals surface area contributed by atoms with E-state index < -0.39 is 0 Å². The minimum Gasteiger partial charge on any atom is -0.301 e. The zero-order chi connectivity index (χ0) is 6.10. The average molecular weight is 126 g/mol. The van der Waals surface area contributed by atoms with E-state index in [9.17, 15) is 0 Å². The highest BCUT2D eigenvalue weighted by Crippen LogP contribution is 2.07. The van der Waals surface area contributed by atoms with Crippen LogP contribution in [0.15, 0.2) is 0 Å². The molecule has 0 amide bonds. The summed E-state index contributed by atoms with van der Waals surface area (Å²) in [5, 5.41) is 0. The van der Waals surface area contributed by atoms with Gasteiger partial charge in [0.2, 0.25) is 0 Å². The number of piperazine rings is 1. The van der Waals surface area contributed by atoms with Crippen LogP contribution in [0.25, 0.3) is 0 Å². The highest BCUT2D eigenvalue weighted by Gasteiger charge is 2.19. The van der Waals surface area contributed by atoms with Crippen molar-refractivity contribution in [2.75, 3.05) is 39.3 Å². The van der Waals surface area contributed by atoms with Gasteiger partial charge in [0.05, 0.1) is 0 Å². The first-order valence-electron chi connectivity index (χ1n) is 3.90. The van der Waals surface area contributed by atoms with Crippen molar-refractivity contribution >= 4 is 0 Å². The van der Waals surface area contributed by atoms with Crippen molar-refractivity contribution in [3.63, 3.8) is 0 Å². The smallest absolute Gasteiger partial charge is 0.0110 e. The molecule has 9 heavy (non-hydrogen) atoms. The van der Waals surface area contributed by atoms with E-state index in [2.05, 4.69) is 9.80 Å². The third kappa shape index (κ3) is 1.10. The molecule has 0 N–H and O–H groups in total. The average Bonchev–Trinajstić information content (AvgIpc) is 2.21. The Morgan fingerprint density at radius 1 is 0.556 bits per heavy atom. The molecular formula is C7H14N2. The van der Waals surface area contributed by atoms with Gasteiger partial charge in [-0.25, -0.2) is 0 Å². The van der Waals surface area contributed by atoms with Gasteiger partial charge in [-0.15, -0.1) is 0 Å². The minimum absolute atomic E-state index is 1.32. The lowest BCUT2D eigenvalue weighted by Crippen LogP contribution is -2.42. The minimum atomic E-state index is 1.32. The van der Waals surface area contributed by atoms with Crippen molar-refractivity contribution in [1.82, 2.24) is 9.80 Å². The fourth-order valence-electron chi connectivity index (χ4n) is 1.75. The molecule has 3 saturated heterocycles. The van der Waals surface area contributed by atoms with Gasteiger partial charge in [-0.05, 0) is 19.5 Å². The van der Waals surface area contributed by atoms with Crippen LogP contribution in [0.1, 0.15) is 6.42 Å². The van der Waals surface area contributed by atoms with Crippen LogP contribution in [0.5, 0.6) is 0 Å². The molecule has 3 heterocycles. The maximum absolute atomic E-state index is 2.57. The quantitative estimate of drug-likeness (QED) is 0.451. The summed E-state index contributed by atoms with van der Waals surface area (Å²) in [4.78, 5) is 5.15. The summed E-state index contributed by atoms with van der Waals surface area (Å²) in [6.45, 7) is 7.97. The second-order valence-corrected chi connectivity index (χ2v) is 3.04. The van der Waals surface area contributed by atoms with E-state index in [0.717, 1.165) is 0 Å². The van der Waals surface area contributed by atoms with Crippen molar-refractivity contribution in [1.29, 1.82) is 0 Å². The maximum Gasteiger partial charge on any atom is 0.0110 e. The molecule has 2 nitrogen and oxygen atoms in total. The third-order valence-electron chi connectivity index (χ3n) is 2.41. The molecule has 0 aromatic rings. The second kappa shape index (κ2) is 2.27. The van der Waals surface area contributed by atoms with Crippen molar-refractivity contribution in [2.24, 2.45) is 0 Å². The first kappa shape index (κ1) is 5.69. The molecule has 3 fully saturated rings. The van der Waals surface area contributed by atoms with Gasteiger partial charge in [-0.1, -0.05) is 0 Å². The summed E-state index contributed by atoms with van der Waals surface area (Å²) in [6.07, 6.45) is 1.39. The molecule has 0 aromatic heterocycles. The normalized spacial score (nSPS) is 42.7. The van der Waals surface area contributed by atoms with Crippen molar-refractivity contribution in [3.8, 4) is 0 Å². The largest absolute Gasteiger partial charge is 0.301 e. The van der Waals surface area contributed by atoms with Gasteiger partial charge in [-0.3, -0.25) is 0 Å². The molecule has 0 aromatic carbocycles. The van der Waals surface area contributed by atoms with Crippen LogP contribution in [-0.2, 0) is 0 Å². The lowest BCUT2D eigenvalue weighted by molar-refractivity contribution is 0.181. The highest BCUT2D eigenvalue weighted by molar-refractivity contribution is 4.76. The predicted octanol–water partition coefficient (Wildman–Crippen LogP) is 0.00770. The fourth-order valence-corrected chi connectivity index (χ4v) is 1.75. The zero-order valence-electron chi connectivity index (χ0n) is 5.84. The Balaban J connectivity index is 2.03. The highest BCUT2D eigenvalue weighted by atomic mass is 15.3. The van der Waals surface area contributed by atoms with E-state index in [1.54, 1.807) is 0 Å². The first-order valence-corrected chi connectivity index (χ1v) is 3.90. The molecule has 3 rings (SSSR count). The lowest BCUT2D eigenvalue weighted by Gasteiger charge is -2.28. The van der Waals surface area contributed by atoms with Crippen LogP contribution in [0.4, 0.5) is 0 Å². The second-order valence-electron chi connectivity index (χ2n) is 3.04. The Morgan fingerprint density at radius 3 is 1.44 bits per heavy atom. The Hall–Kier alpha value is -0.0800. The van der Waals surface area contributed by atoms with E-state index in [-0.39, 0.29) is 0 Å². The number of rotatable bonds is 0. The number of nitrogens with zero attached hydrogens (tertiary/aromatic N) is 2. The number of hydrogen-bond donors (Lipinski definition) is 0. The van der Waals surface area contributed by atoms with Gasteiger partial charge in [0.25, 0.3) is 0 Å². The molecule has 3 aliphatic heterocycles. The zero-order valence-corrected chi connectivity index (χ0v) is 5.84. The van der Waals surface area contributed by atoms with Gasteiger partial charge >= 0.3 is 0 Å². The lowest BCUT2D eigenvalue weighted by atomic mass is 10.4. The first-order chi connectivity index (χ1) is 4.45. The molecule has 2 heteroatoms. The Labute approximate surface area is 56.4 Å². The van der Waals surface area contributed by atoms with Gasteiger partial charge < -0.3 is 9.80 Å². The van der Waals surface area contributed by atoms with E-state index in [4.69, 9.17) is 0 Å². The van der Waals surface area contributed by atoms with Crippen LogP contribution >= 0.6 is 0 Å². The van der Waals surface area contributed by atoms with E-state index >= 15 is 0 Å². The van der Waals surface area contributed by atoms with Gasteiger partial charge in [0, 0.05) is 26.2 Å². The summed E-state index contributed by atoms with van der Waals surface area (Å²) in [6, 6.07) is 0. The Morgan fingerprint density at radius 2 is 1.00 bits per heavy atom. The van der Waals surface area contributed by atoms with Crippen LogP contribution in [0.3, 0.4) is 0 Å². The summed E-state index contributed by atoms with van der Waals surface area (Å²) in [7, 11) is 0. The third-order valence-corrected chi connectivity index (χ3v) is 2.41. The molecule has 0 unspecified atom stereocenters. The van der Waals surface area contributed by atoms with E-state index in [1.165, 1.54) is 45.7 Å². The summed E-state index contributed by atoms with van der Waals surface area (Å²) < 4.78 is 0. The van der Waals surface area contributed by atoms with E-state index in [1.807, 2.05) is 0 Å².